The lowest BCUT2D eigenvalue weighted by atomic mass is 9.76. The van der Waals surface area contributed by atoms with Gasteiger partial charge in [0.25, 0.3) is 0 Å². The Labute approximate surface area is 197 Å². The van der Waals surface area contributed by atoms with Crippen molar-refractivity contribution in [3.8, 4) is 11.1 Å². The zero-order valence-electron chi connectivity index (χ0n) is 19.8. The Morgan fingerprint density at radius 1 is 0.939 bits per heavy atom. The van der Waals surface area contributed by atoms with E-state index in [9.17, 15) is 9.59 Å². The minimum Gasteiger partial charge on any atom is -0.448 e. The van der Waals surface area contributed by atoms with Crippen molar-refractivity contribution < 1.29 is 14.3 Å². The van der Waals surface area contributed by atoms with Crippen molar-refractivity contribution in [1.29, 1.82) is 0 Å². The third kappa shape index (κ3) is 4.32. The van der Waals surface area contributed by atoms with E-state index in [4.69, 9.17) is 4.74 Å². The van der Waals surface area contributed by atoms with Gasteiger partial charge >= 0.3 is 6.09 Å². The van der Waals surface area contributed by atoms with Crippen molar-refractivity contribution >= 4 is 11.9 Å². The van der Waals surface area contributed by atoms with E-state index >= 15 is 0 Å². The molecule has 5 rings (SSSR count). The summed E-state index contributed by atoms with van der Waals surface area (Å²) in [5, 5.41) is 0. The Balaban J connectivity index is 1.26. The highest BCUT2D eigenvalue weighted by molar-refractivity contribution is 5.82. The normalized spacial score (nSPS) is 23.8. The summed E-state index contributed by atoms with van der Waals surface area (Å²) in [5.41, 5.74) is 4.96. The Morgan fingerprint density at radius 2 is 1.52 bits per heavy atom. The van der Waals surface area contributed by atoms with Gasteiger partial charge < -0.3 is 9.64 Å². The minimum absolute atomic E-state index is 0.0799. The van der Waals surface area contributed by atoms with Crippen LogP contribution in [0.4, 0.5) is 4.79 Å². The Kier molecular flexibility index (Phi) is 6.27. The van der Waals surface area contributed by atoms with Crippen LogP contribution in [0.15, 0.2) is 48.5 Å². The summed E-state index contributed by atoms with van der Waals surface area (Å²) in [6.07, 6.45) is 6.14. The molecule has 0 saturated carbocycles. The lowest BCUT2D eigenvalue weighted by molar-refractivity contribution is -0.127. The van der Waals surface area contributed by atoms with Gasteiger partial charge in [-0.3, -0.25) is 4.79 Å². The number of nitrogens with zero attached hydrogens (tertiary/aromatic N) is 1. The smallest absolute Gasteiger partial charge is 0.410 e. The number of rotatable bonds is 6. The second-order valence-corrected chi connectivity index (χ2v) is 10.5. The van der Waals surface area contributed by atoms with Crippen molar-refractivity contribution in [3.63, 3.8) is 0 Å². The fourth-order valence-electron chi connectivity index (χ4n) is 6.25. The monoisotopic (exact) mass is 445 g/mol. The third-order valence-corrected chi connectivity index (χ3v) is 7.94. The minimum atomic E-state index is -0.195. The van der Waals surface area contributed by atoms with E-state index in [1.807, 2.05) is 4.90 Å². The van der Waals surface area contributed by atoms with Crippen molar-refractivity contribution in [2.45, 2.75) is 76.8 Å². The molecule has 0 N–H and O–H groups in total. The lowest BCUT2D eigenvalue weighted by Gasteiger charge is -2.47. The average Bonchev–Trinajstić information content (AvgIpc) is 3.14. The number of ketones is 1. The second kappa shape index (κ2) is 9.32. The maximum Gasteiger partial charge on any atom is 0.410 e. The average molecular weight is 446 g/mol. The number of ether oxygens (including phenoxy) is 1. The number of piperidine rings is 2. The standard InChI is InChI=1S/C29H35NO3/c1-19(2)14-15-28(31)20-16-21-8-7-9-22(17-20)30(21)29(32)33-18-27-25-12-5-3-10-23(25)24-11-4-6-13-26(24)27/h3-6,10-13,19-22,27H,7-9,14-18H2,1-2H3. The van der Waals surface area contributed by atoms with Crippen molar-refractivity contribution in [1.82, 2.24) is 4.90 Å². The van der Waals surface area contributed by atoms with Gasteiger partial charge in [0.2, 0.25) is 0 Å². The van der Waals surface area contributed by atoms with Gasteiger partial charge in [0.15, 0.2) is 0 Å². The van der Waals surface area contributed by atoms with Crippen LogP contribution in [0.25, 0.3) is 11.1 Å². The number of Topliss-reactive ketones (excluding diaryl/α,β-unsaturated/α-hetero) is 1. The third-order valence-electron chi connectivity index (χ3n) is 7.94. The summed E-state index contributed by atoms with van der Waals surface area (Å²) in [6.45, 7) is 4.70. The first kappa shape index (κ1) is 22.2. The fourth-order valence-corrected chi connectivity index (χ4v) is 6.25. The van der Waals surface area contributed by atoms with Crippen LogP contribution in [0.3, 0.4) is 0 Å². The number of carbonyl (C=O) groups excluding carboxylic acids is 2. The first-order valence-electron chi connectivity index (χ1n) is 12.7. The molecule has 0 spiro atoms. The summed E-state index contributed by atoms with van der Waals surface area (Å²) >= 11 is 0. The summed E-state index contributed by atoms with van der Waals surface area (Å²) < 4.78 is 5.99. The molecule has 33 heavy (non-hydrogen) atoms. The molecule has 2 atom stereocenters. The van der Waals surface area contributed by atoms with Gasteiger partial charge in [-0.25, -0.2) is 4.79 Å². The van der Waals surface area contributed by atoms with E-state index < -0.39 is 0 Å². The molecule has 174 valence electrons. The number of carbonyl (C=O) groups is 2. The topological polar surface area (TPSA) is 46.6 Å². The molecule has 2 saturated heterocycles. The fraction of sp³-hybridized carbons (Fsp3) is 0.517. The van der Waals surface area contributed by atoms with Crippen LogP contribution in [-0.2, 0) is 9.53 Å². The summed E-state index contributed by atoms with van der Waals surface area (Å²) in [5.74, 6) is 1.13. The summed E-state index contributed by atoms with van der Waals surface area (Å²) in [4.78, 5) is 28.1. The Morgan fingerprint density at radius 3 is 2.09 bits per heavy atom. The van der Waals surface area contributed by atoms with Crippen LogP contribution in [0.2, 0.25) is 0 Å². The van der Waals surface area contributed by atoms with E-state index in [1.54, 1.807) is 0 Å². The number of benzene rings is 2. The molecule has 3 aliphatic rings. The maximum absolute atomic E-state index is 13.3. The van der Waals surface area contributed by atoms with Crippen LogP contribution < -0.4 is 0 Å². The zero-order valence-corrected chi connectivity index (χ0v) is 19.8. The molecular formula is C29H35NO3. The predicted octanol–water partition coefficient (Wildman–Crippen LogP) is 6.57. The van der Waals surface area contributed by atoms with E-state index in [-0.39, 0.29) is 30.0 Å². The summed E-state index contributed by atoms with van der Waals surface area (Å²) in [6, 6.07) is 17.1. The highest BCUT2D eigenvalue weighted by Gasteiger charge is 2.43. The van der Waals surface area contributed by atoms with Gasteiger partial charge in [-0.15, -0.1) is 0 Å². The molecule has 0 aromatic heterocycles. The highest BCUT2D eigenvalue weighted by atomic mass is 16.6. The molecule has 2 aromatic rings. The molecule has 2 fully saturated rings. The lowest BCUT2D eigenvalue weighted by Crippen LogP contribution is -2.55. The van der Waals surface area contributed by atoms with E-state index in [0.29, 0.717) is 24.7 Å². The number of fused-ring (bicyclic) bond motifs is 5. The van der Waals surface area contributed by atoms with Crippen LogP contribution in [0, 0.1) is 11.8 Å². The molecule has 2 bridgehead atoms. The molecule has 1 aliphatic carbocycles. The molecular weight excluding hydrogens is 410 g/mol. The number of hydrogen-bond donors (Lipinski definition) is 0. The Bertz CT molecular complexity index is 970. The summed E-state index contributed by atoms with van der Waals surface area (Å²) in [7, 11) is 0. The number of hydrogen-bond acceptors (Lipinski definition) is 3. The molecule has 4 nitrogen and oxygen atoms in total. The van der Waals surface area contributed by atoms with Crippen molar-refractivity contribution in [3.05, 3.63) is 59.7 Å². The van der Waals surface area contributed by atoms with Crippen LogP contribution in [-0.4, -0.2) is 35.5 Å². The zero-order chi connectivity index (χ0) is 22.9. The predicted molar refractivity (Wildman–Crippen MR) is 130 cm³/mol. The van der Waals surface area contributed by atoms with Crippen LogP contribution in [0.1, 0.15) is 75.8 Å². The van der Waals surface area contributed by atoms with Gasteiger partial charge in [-0.1, -0.05) is 62.4 Å². The van der Waals surface area contributed by atoms with Crippen molar-refractivity contribution in [2.75, 3.05) is 6.61 Å². The maximum atomic E-state index is 13.3. The SMILES string of the molecule is CC(C)CCC(=O)C1CC2CCCC(C1)N2C(=O)OCC1c2ccccc2-c2ccccc21. The first-order chi connectivity index (χ1) is 16.0. The van der Waals surface area contributed by atoms with Crippen LogP contribution >= 0.6 is 0 Å². The van der Waals surface area contributed by atoms with Gasteiger partial charge in [-0.2, -0.15) is 0 Å². The van der Waals surface area contributed by atoms with E-state index in [0.717, 1.165) is 38.5 Å². The molecule has 0 radical (unpaired) electrons. The largest absolute Gasteiger partial charge is 0.448 e. The number of amides is 1. The molecule has 2 heterocycles. The van der Waals surface area contributed by atoms with E-state index in [1.165, 1.54) is 22.3 Å². The molecule has 1 amide bonds. The van der Waals surface area contributed by atoms with Gasteiger partial charge in [0, 0.05) is 30.3 Å². The Hall–Kier alpha value is -2.62. The van der Waals surface area contributed by atoms with Gasteiger partial charge in [0.05, 0.1) is 0 Å². The quantitative estimate of drug-likeness (QED) is 0.505. The molecule has 2 unspecified atom stereocenters. The van der Waals surface area contributed by atoms with E-state index in [2.05, 4.69) is 62.4 Å². The second-order valence-electron chi connectivity index (χ2n) is 10.5. The van der Waals surface area contributed by atoms with Gasteiger partial charge in [0.1, 0.15) is 12.4 Å². The first-order valence-corrected chi connectivity index (χ1v) is 12.7. The molecule has 2 aliphatic heterocycles. The highest BCUT2D eigenvalue weighted by Crippen LogP contribution is 2.45. The van der Waals surface area contributed by atoms with Crippen LogP contribution in [0.5, 0.6) is 0 Å². The molecule has 4 heteroatoms. The van der Waals surface area contributed by atoms with Gasteiger partial charge in [-0.05, 0) is 66.7 Å². The van der Waals surface area contributed by atoms with Crippen molar-refractivity contribution in [2.24, 2.45) is 11.8 Å². The molecule has 2 aromatic carbocycles.